The molecule has 5 rings (SSSR count). The van der Waals surface area contributed by atoms with Crippen LogP contribution in [-0.4, -0.2) is 28.2 Å². The molecule has 5 nitrogen and oxygen atoms in total. The van der Waals surface area contributed by atoms with Crippen LogP contribution in [-0.2, 0) is 22.4 Å². The van der Waals surface area contributed by atoms with Crippen LogP contribution in [0.3, 0.4) is 0 Å². The van der Waals surface area contributed by atoms with E-state index < -0.39 is 23.9 Å². The summed E-state index contributed by atoms with van der Waals surface area (Å²) in [6.45, 7) is 5.91. The highest BCUT2D eigenvalue weighted by Gasteiger charge is 2.23. The van der Waals surface area contributed by atoms with Gasteiger partial charge in [-0.1, -0.05) is 6.92 Å². The maximum absolute atomic E-state index is 11.7. The molecule has 39 heavy (non-hydrogen) atoms. The zero-order chi connectivity index (χ0) is 27.8. The summed E-state index contributed by atoms with van der Waals surface area (Å²) in [5.74, 6) is -2.31. The van der Waals surface area contributed by atoms with Gasteiger partial charge in [-0.3, -0.25) is 9.59 Å². The molecule has 2 atom stereocenters. The van der Waals surface area contributed by atoms with Crippen molar-refractivity contribution < 1.29 is 19.8 Å². The second kappa shape index (κ2) is 11.5. The Bertz CT molecular complexity index is 1530. The number of aliphatic carboxylic acids is 2. The number of nitrogens with two attached hydrogens (primary N) is 1. The normalized spacial score (nSPS) is 13.0. The lowest BCUT2D eigenvalue weighted by Crippen LogP contribution is -2.32. The second-order valence-electron chi connectivity index (χ2n) is 9.51. The van der Waals surface area contributed by atoms with Gasteiger partial charge in [0.15, 0.2) is 0 Å². The molecule has 0 saturated carbocycles. The molecule has 202 valence electrons. The van der Waals surface area contributed by atoms with E-state index in [2.05, 4.69) is 62.4 Å². The maximum Gasteiger partial charge on any atom is 0.320 e. The van der Waals surface area contributed by atoms with Crippen LogP contribution in [0.4, 0.5) is 0 Å². The summed E-state index contributed by atoms with van der Waals surface area (Å²) >= 11 is 8.48. The van der Waals surface area contributed by atoms with Crippen LogP contribution in [0, 0.1) is 19.8 Å². The quantitative estimate of drug-likeness (QED) is 0.147. The number of aryl methyl sites for hydroxylation is 2. The van der Waals surface area contributed by atoms with Crippen LogP contribution < -0.4 is 5.73 Å². The fourth-order valence-electron chi connectivity index (χ4n) is 4.28. The minimum Gasteiger partial charge on any atom is -0.481 e. The largest absolute Gasteiger partial charge is 0.481 e. The van der Waals surface area contributed by atoms with Gasteiger partial charge >= 0.3 is 11.9 Å². The summed E-state index contributed by atoms with van der Waals surface area (Å²) in [7, 11) is 0. The summed E-state index contributed by atoms with van der Waals surface area (Å²) in [5.41, 5.74) is 7.94. The molecule has 5 aromatic rings. The highest BCUT2D eigenvalue weighted by Crippen LogP contribution is 2.48. The number of hydrogen-bond acceptors (Lipinski definition) is 8. The summed E-state index contributed by atoms with van der Waals surface area (Å²) < 4.78 is 0. The number of hydrogen-bond donors (Lipinski definition) is 3. The molecule has 0 aromatic carbocycles. The van der Waals surface area contributed by atoms with Gasteiger partial charge in [0.25, 0.3) is 0 Å². The van der Waals surface area contributed by atoms with E-state index >= 15 is 0 Å². The zero-order valence-corrected chi connectivity index (χ0v) is 25.6. The van der Waals surface area contributed by atoms with Crippen molar-refractivity contribution in [2.75, 3.05) is 0 Å². The Morgan fingerprint density at radius 3 is 1.54 bits per heavy atom. The van der Waals surface area contributed by atoms with Crippen molar-refractivity contribution >= 4 is 68.6 Å². The summed E-state index contributed by atoms with van der Waals surface area (Å²) in [6.07, 6.45) is 0.708. The van der Waals surface area contributed by atoms with Crippen molar-refractivity contribution in [1.82, 2.24) is 0 Å². The molecule has 5 aromatic heterocycles. The lowest BCUT2D eigenvalue weighted by molar-refractivity contribution is -0.141. The highest BCUT2D eigenvalue weighted by molar-refractivity contribution is 7.29. The predicted molar refractivity (Wildman–Crippen MR) is 167 cm³/mol. The van der Waals surface area contributed by atoms with Crippen LogP contribution in [0.15, 0.2) is 48.5 Å². The van der Waals surface area contributed by atoms with Crippen LogP contribution in [0.5, 0.6) is 0 Å². The Balaban J connectivity index is 1.56. The minimum atomic E-state index is -1.01. The van der Waals surface area contributed by atoms with E-state index in [0.717, 1.165) is 45.3 Å². The van der Waals surface area contributed by atoms with Gasteiger partial charge in [-0.15, -0.1) is 56.7 Å². The van der Waals surface area contributed by atoms with Crippen molar-refractivity contribution in [3.63, 3.8) is 0 Å². The number of carbonyl (C=O) groups is 2. The lowest BCUT2D eigenvalue weighted by atomic mass is 10.0. The monoisotopic (exact) mass is 613 g/mol. The number of carboxylic acid groups (broad SMARTS) is 2. The number of thiophene rings is 5. The Hall–Kier alpha value is -2.60. The third-order valence-corrected chi connectivity index (χ3v) is 12.5. The molecule has 0 aliphatic rings. The van der Waals surface area contributed by atoms with Crippen LogP contribution in [0.25, 0.3) is 39.0 Å². The van der Waals surface area contributed by atoms with Gasteiger partial charge in [0.1, 0.15) is 6.04 Å². The molecule has 0 saturated heterocycles. The first-order valence-corrected chi connectivity index (χ1v) is 16.4. The SMILES string of the molecule is Cc1ccc(-c2cc(CC(C)C(=O)O)c(-c3ccc(-c4sc(-c5ccc(C)s5)cc4CC(N)C(=O)O)s3)s2)s1. The molecular weight excluding hydrogens is 587 g/mol. The van der Waals surface area contributed by atoms with E-state index in [4.69, 9.17) is 5.73 Å². The molecule has 4 N–H and O–H groups in total. The van der Waals surface area contributed by atoms with E-state index in [9.17, 15) is 19.8 Å². The van der Waals surface area contributed by atoms with E-state index in [1.54, 1.807) is 63.6 Å². The molecule has 0 spiro atoms. The van der Waals surface area contributed by atoms with Gasteiger partial charge in [0.2, 0.25) is 0 Å². The molecule has 0 radical (unpaired) electrons. The van der Waals surface area contributed by atoms with Gasteiger partial charge in [-0.25, -0.2) is 0 Å². The molecule has 0 bridgehead atoms. The van der Waals surface area contributed by atoms with Crippen molar-refractivity contribution in [2.45, 2.75) is 39.7 Å². The topological polar surface area (TPSA) is 101 Å². The molecule has 0 amide bonds. The summed E-state index contributed by atoms with van der Waals surface area (Å²) in [6, 6.07) is 15.9. The first-order chi connectivity index (χ1) is 18.6. The van der Waals surface area contributed by atoms with Gasteiger partial charge in [-0.2, -0.15) is 0 Å². The highest BCUT2D eigenvalue weighted by atomic mass is 32.1. The lowest BCUT2D eigenvalue weighted by Gasteiger charge is -2.07. The smallest absolute Gasteiger partial charge is 0.320 e. The molecule has 0 fully saturated rings. The van der Waals surface area contributed by atoms with E-state index in [1.807, 2.05) is 0 Å². The van der Waals surface area contributed by atoms with Crippen molar-refractivity contribution in [3.05, 3.63) is 69.4 Å². The fraction of sp³-hybridized carbons (Fsp3) is 0.241. The average Bonchev–Trinajstić information content (AvgIpc) is 3.69. The van der Waals surface area contributed by atoms with Crippen molar-refractivity contribution in [3.8, 4) is 39.0 Å². The first kappa shape index (κ1) is 27.9. The van der Waals surface area contributed by atoms with E-state index in [-0.39, 0.29) is 6.42 Å². The van der Waals surface area contributed by atoms with Crippen molar-refractivity contribution in [2.24, 2.45) is 11.7 Å². The van der Waals surface area contributed by atoms with Gasteiger partial charge in [0.05, 0.1) is 5.92 Å². The van der Waals surface area contributed by atoms with Gasteiger partial charge < -0.3 is 15.9 Å². The third kappa shape index (κ3) is 6.11. The van der Waals surface area contributed by atoms with Crippen LogP contribution in [0.2, 0.25) is 0 Å². The Morgan fingerprint density at radius 1 is 0.667 bits per heavy atom. The van der Waals surface area contributed by atoms with E-state index in [0.29, 0.717) is 6.42 Å². The molecule has 10 heteroatoms. The molecule has 5 heterocycles. The van der Waals surface area contributed by atoms with Crippen LogP contribution >= 0.6 is 56.7 Å². The predicted octanol–water partition coefficient (Wildman–Crippen LogP) is 8.50. The molecule has 2 unspecified atom stereocenters. The van der Waals surface area contributed by atoms with Crippen molar-refractivity contribution in [1.29, 1.82) is 0 Å². The first-order valence-electron chi connectivity index (χ1n) is 12.3. The Labute approximate surface area is 246 Å². The second-order valence-corrected chi connectivity index (χ2v) is 15.3. The van der Waals surface area contributed by atoms with E-state index in [1.165, 1.54) is 14.6 Å². The maximum atomic E-state index is 11.7. The number of carboxylic acids is 2. The number of rotatable bonds is 10. The molecular formula is C29H27NO4S5. The average molecular weight is 614 g/mol. The van der Waals surface area contributed by atoms with Crippen LogP contribution in [0.1, 0.15) is 27.8 Å². The zero-order valence-electron chi connectivity index (χ0n) is 21.5. The molecule has 0 aliphatic carbocycles. The summed E-state index contributed by atoms with van der Waals surface area (Å²) in [4.78, 5) is 34.5. The standard InChI is InChI=1S/C29H27NO4S5/c1-14(28(31)32)10-17-12-24(20-6-4-15(2)35-20)38-26(17)22-8-9-23(37-22)27-18(11-19(30)29(33)34)13-25(39-27)21-7-5-16(3)36-21/h4-9,12-14,19H,10-11,30H2,1-3H3,(H,31,32)(H,33,34). The molecule has 0 aliphatic heterocycles. The third-order valence-electron chi connectivity index (χ3n) is 6.34. The summed E-state index contributed by atoms with van der Waals surface area (Å²) in [5, 5.41) is 19.0. The van der Waals surface area contributed by atoms with Gasteiger partial charge in [-0.05, 0) is 86.3 Å². The Morgan fingerprint density at radius 2 is 1.13 bits per heavy atom. The Kier molecular flexibility index (Phi) is 8.23. The van der Waals surface area contributed by atoms with Gasteiger partial charge in [0, 0.05) is 48.8 Å². The fourth-order valence-corrected chi connectivity index (χ4v) is 9.86. The minimum absolute atomic E-state index is 0.251.